The topological polar surface area (TPSA) is 84.2 Å². The first-order valence-corrected chi connectivity index (χ1v) is 6.57. The summed E-state index contributed by atoms with van der Waals surface area (Å²) in [6.45, 7) is 0. The van der Waals surface area contributed by atoms with Crippen molar-refractivity contribution in [1.29, 1.82) is 0 Å². The lowest BCUT2D eigenvalue weighted by Crippen LogP contribution is -2.19. The first-order chi connectivity index (χ1) is 9.54. The Morgan fingerprint density at radius 3 is 1.85 bits per heavy atom. The van der Waals surface area contributed by atoms with Gasteiger partial charge in [0.2, 0.25) is 0 Å². The van der Waals surface area contributed by atoms with E-state index in [0.29, 0.717) is 16.9 Å². The molecule has 5 nitrogen and oxygen atoms in total. The number of anilines is 2. The van der Waals surface area contributed by atoms with Crippen LogP contribution in [0.4, 0.5) is 16.2 Å². The minimum atomic E-state index is -0.628. The Kier molecular flexibility index (Phi) is 4.37. The lowest BCUT2D eigenvalue weighted by Gasteiger charge is -2.07. The van der Waals surface area contributed by atoms with Gasteiger partial charge in [-0.1, -0.05) is 15.9 Å². The third-order valence-corrected chi connectivity index (χ3v) is 3.05. The number of amides is 3. The van der Waals surface area contributed by atoms with Gasteiger partial charge in [-0.3, -0.25) is 4.79 Å². The largest absolute Gasteiger partial charge is 0.351 e. The van der Waals surface area contributed by atoms with Crippen LogP contribution in [0.3, 0.4) is 0 Å². The molecule has 0 unspecified atom stereocenters. The Bertz CT molecular complexity index is 624. The van der Waals surface area contributed by atoms with Crippen LogP contribution in [0, 0.1) is 0 Å². The maximum absolute atomic E-state index is 12.0. The number of hydrogen-bond acceptors (Lipinski definition) is 2. The van der Waals surface area contributed by atoms with Crippen LogP contribution >= 0.6 is 15.9 Å². The molecule has 0 aliphatic carbocycles. The van der Waals surface area contributed by atoms with E-state index in [4.69, 9.17) is 5.73 Å². The second-order valence-corrected chi connectivity index (χ2v) is 4.94. The van der Waals surface area contributed by atoms with E-state index < -0.39 is 6.03 Å². The Morgan fingerprint density at radius 1 is 0.850 bits per heavy atom. The third-order valence-electron chi connectivity index (χ3n) is 2.52. The highest BCUT2D eigenvalue weighted by Gasteiger charge is 2.05. The molecule has 3 amide bonds. The third kappa shape index (κ3) is 3.83. The molecule has 0 saturated heterocycles. The smallest absolute Gasteiger partial charge is 0.316 e. The molecular formula is C14H12BrN3O2. The van der Waals surface area contributed by atoms with E-state index in [1.54, 1.807) is 48.5 Å². The first-order valence-electron chi connectivity index (χ1n) is 5.78. The van der Waals surface area contributed by atoms with Gasteiger partial charge in [0.1, 0.15) is 0 Å². The lowest BCUT2D eigenvalue weighted by molar-refractivity contribution is 0.102. The minimum Gasteiger partial charge on any atom is -0.351 e. The van der Waals surface area contributed by atoms with Crippen LogP contribution in [0.5, 0.6) is 0 Å². The molecular weight excluding hydrogens is 322 g/mol. The van der Waals surface area contributed by atoms with Crippen LogP contribution < -0.4 is 16.4 Å². The zero-order chi connectivity index (χ0) is 14.5. The molecule has 0 saturated carbocycles. The summed E-state index contributed by atoms with van der Waals surface area (Å²) in [6, 6.07) is 13.1. The fourth-order valence-electron chi connectivity index (χ4n) is 1.58. The molecule has 0 spiro atoms. The number of nitrogens with one attached hydrogen (secondary N) is 2. The van der Waals surface area contributed by atoms with Gasteiger partial charge in [-0.25, -0.2) is 4.79 Å². The number of hydrogen-bond donors (Lipinski definition) is 3. The molecule has 0 radical (unpaired) electrons. The van der Waals surface area contributed by atoms with Crippen molar-refractivity contribution in [2.75, 3.05) is 10.6 Å². The van der Waals surface area contributed by atoms with Crippen molar-refractivity contribution in [2.24, 2.45) is 5.73 Å². The number of benzene rings is 2. The molecule has 2 rings (SSSR count). The normalized spacial score (nSPS) is 9.85. The number of carbonyl (C=O) groups excluding carboxylic acids is 2. The van der Waals surface area contributed by atoms with E-state index in [1.807, 2.05) is 0 Å². The van der Waals surface area contributed by atoms with Crippen molar-refractivity contribution in [3.63, 3.8) is 0 Å². The summed E-state index contributed by atoms with van der Waals surface area (Å²) in [7, 11) is 0. The predicted octanol–water partition coefficient (Wildman–Crippen LogP) is 3.19. The van der Waals surface area contributed by atoms with Crippen LogP contribution in [0.25, 0.3) is 0 Å². The average molecular weight is 334 g/mol. The number of rotatable bonds is 3. The fourth-order valence-corrected chi connectivity index (χ4v) is 1.85. The van der Waals surface area contributed by atoms with E-state index in [2.05, 4.69) is 26.6 Å². The molecule has 0 atom stereocenters. The summed E-state index contributed by atoms with van der Waals surface area (Å²) in [6.07, 6.45) is 0. The molecule has 0 bridgehead atoms. The molecule has 4 N–H and O–H groups in total. The van der Waals surface area contributed by atoms with Gasteiger partial charge in [0.05, 0.1) is 0 Å². The zero-order valence-electron chi connectivity index (χ0n) is 10.4. The molecule has 2 aromatic carbocycles. The Balaban J connectivity index is 2.04. The van der Waals surface area contributed by atoms with Gasteiger partial charge in [-0.05, 0) is 48.5 Å². The lowest BCUT2D eigenvalue weighted by atomic mass is 10.2. The van der Waals surface area contributed by atoms with Crippen molar-refractivity contribution in [1.82, 2.24) is 0 Å². The predicted molar refractivity (Wildman–Crippen MR) is 81.7 cm³/mol. The number of nitrogens with two attached hydrogens (primary N) is 1. The quantitative estimate of drug-likeness (QED) is 0.805. The van der Waals surface area contributed by atoms with E-state index >= 15 is 0 Å². The van der Waals surface area contributed by atoms with Crippen molar-refractivity contribution in [3.8, 4) is 0 Å². The molecule has 0 aliphatic rings. The number of carbonyl (C=O) groups is 2. The molecule has 20 heavy (non-hydrogen) atoms. The van der Waals surface area contributed by atoms with Gasteiger partial charge in [0, 0.05) is 21.4 Å². The van der Waals surface area contributed by atoms with E-state index in [1.165, 1.54) is 0 Å². The fraction of sp³-hybridized carbons (Fsp3) is 0. The Labute approximate surface area is 124 Å². The standard InChI is InChI=1S/C14H12BrN3O2/c15-10-3-1-9(2-4-10)13(19)17-11-5-7-12(8-6-11)18-14(16)20/h1-8H,(H,17,19)(H3,16,18,20). The summed E-state index contributed by atoms with van der Waals surface area (Å²) in [4.78, 5) is 22.7. The zero-order valence-corrected chi connectivity index (χ0v) is 12.0. The highest BCUT2D eigenvalue weighted by molar-refractivity contribution is 9.10. The van der Waals surface area contributed by atoms with E-state index in [0.717, 1.165) is 4.47 Å². The highest BCUT2D eigenvalue weighted by atomic mass is 79.9. The van der Waals surface area contributed by atoms with E-state index in [-0.39, 0.29) is 5.91 Å². The van der Waals surface area contributed by atoms with Crippen LogP contribution in [-0.4, -0.2) is 11.9 Å². The molecule has 6 heteroatoms. The number of halogens is 1. The van der Waals surface area contributed by atoms with Crippen molar-refractivity contribution < 1.29 is 9.59 Å². The SMILES string of the molecule is NC(=O)Nc1ccc(NC(=O)c2ccc(Br)cc2)cc1. The maximum atomic E-state index is 12.0. The Hall–Kier alpha value is -2.34. The first kappa shape index (κ1) is 14.1. The maximum Gasteiger partial charge on any atom is 0.316 e. The summed E-state index contributed by atoms with van der Waals surface area (Å²) in [5.41, 5.74) is 6.77. The van der Waals surface area contributed by atoms with Crippen molar-refractivity contribution in [2.45, 2.75) is 0 Å². The number of urea groups is 1. The second-order valence-electron chi connectivity index (χ2n) is 4.03. The average Bonchev–Trinajstić information content (AvgIpc) is 2.41. The Morgan fingerprint density at radius 2 is 1.35 bits per heavy atom. The van der Waals surface area contributed by atoms with Crippen LogP contribution in [0.1, 0.15) is 10.4 Å². The van der Waals surface area contributed by atoms with Gasteiger partial charge in [0.15, 0.2) is 0 Å². The van der Waals surface area contributed by atoms with E-state index in [9.17, 15) is 9.59 Å². The summed E-state index contributed by atoms with van der Waals surface area (Å²) in [5, 5.41) is 5.20. The minimum absolute atomic E-state index is 0.201. The molecule has 102 valence electrons. The molecule has 0 fully saturated rings. The molecule has 0 aliphatic heterocycles. The molecule has 0 aromatic heterocycles. The van der Waals surface area contributed by atoms with Gasteiger partial charge in [-0.15, -0.1) is 0 Å². The van der Waals surface area contributed by atoms with Crippen molar-refractivity contribution >= 4 is 39.2 Å². The van der Waals surface area contributed by atoms with Crippen LogP contribution in [0.2, 0.25) is 0 Å². The highest BCUT2D eigenvalue weighted by Crippen LogP contribution is 2.15. The van der Waals surface area contributed by atoms with Gasteiger partial charge in [-0.2, -0.15) is 0 Å². The second kappa shape index (κ2) is 6.21. The monoisotopic (exact) mass is 333 g/mol. The summed E-state index contributed by atoms with van der Waals surface area (Å²) in [5.74, 6) is -0.201. The van der Waals surface area contributed by atoms with Gasteiger partial charge in [0.25, 0.3) is 5.91 Å². The summed E-state index contributed by atoms with van der Waals surface area (Å²) >= 11 is 3.31. The van der Waals surface area contributed by atoms with Crippen molar-refractivity contribution in [3.05, 3.63) is 58.6 Å². The van der Waals surface area contributed by atoms with Crippen LogP contribution in [-0.2, 0) is 0 Å². The van der Waals surface area contributed by atoms with Gasteiger partial charge < -0.3 is 16.4 Å². The molecule has 2 aromatic rings. The summed E-state index contributed by atoms with van der Waals surface area (Å²) < 4.78 is 0.913. The molecule has 0 heterocycles. The number of primary amides is 1. The van der Waals surface area contributed by atoms with Crippen LogP contribution in [0.15, 0.2) is 53.0 Å². The van der Waals surface area contributed by atoms with Gasteiger partial charge >= 0.3 is 6.03 Å².